The monoisotopic (exact) mass is 342 g/mol. The summed E-state index contributed by atoms with van der Waals surface area (Å²) in [5.41, 5.74) is 1.14. The fourth-order valence-corrected chi connectivity index (χ4v) is 4.03. The summed E-state index contributed by atoms with van der Waals surface area (Å²) >= 11 is 0. The van der Waals surface area contributed by atoms with E-state index in [1.54, 1.807) is 4.90 Å². The lowest BCUT2D eigenvalue weighted by Crippen LogP contribution is -2.50. The number of likely N-dealkylation sites (tertiary alicyclic amines) is 1. The summed E-state index contributed by atoms with van der Waals surface area (Å²) in [6, 6.07) is 5.98. The number of amides is 1. The van der Waals surface area contributed by atoms with Gasteiger partial charge in [0.2, 0.25) is 5.91 Å². The number of nitriles is 1. The Balaban J connectivity index is 1.86. The number of nitrogens with zero attached hydrogens (tertiary/aromatic N) is 4. The van der Waals surface area contributed by atoms with Crippen molar-refractivity contribution in [1.29, 1.82) is 5.26 Å². The number of β-amino-alcohol motifs (C(OH)–C–C–N with tert-alkyl or cyclic N) is 1. The van der Waals surface area contributed by atoms with Crippen molar-refractivity contribution >= 4 is 11.7 Å². The zero-order valence-corrected chi connectivity index (χ0v) is 15.0. The number of aliphatic hydroxyl groups is 1. The van der Waals surface area contributed by atoms with Crippen LogP contribution in [0, 0.1) is 16.7 Å². The Morgan fingerprint density at radius 1 is 1.36 bits per heavy atom. The van der Waals surface area contributed by atoms with Crippen LogP contribution in [0.3, 0.4) is 0 Å². The second kappa shape index (κ2) is 7.01. The molecule has 6 heteroatoms. The lowest BCUT2D eigenvalue weighted by molar-refractivity contribution is -0.145. The first-order valence-electron chi connectivity index (χ1n) is 9.07. The smallest absolute Gasteiger partial charge is 0.230 e. The van der Waals surface area contributed by atoms with Crippen molar-refractivity contribution in [3.63, 3.8) is 0 Å². The molecule has 1 spiro atoms. The molecule has 0 radical (unpaired) electrons. The normalized spacial score (nSPS) is 23.6. The van der Waals surface area contributed by atoms with Gasteiger partial charge in [0.25, 0.3) is 0 Å². The second-order valence-corrected chi connectivity index (χ2v) is 7.45. The minimum absolute atomic E-state index is 0.00209. The van der Waals surface area contributed by atoms with Crippen LogP contribution < -0.4 is 4.90 Å². The number of piperidine rings is 1. The highest BCUT2D eigenvalue weighted by molar-refractivity contribution is 5.85. The zero-order valence-electron chi connectivity index (χ0n) is 15.0. The van der Waals surface area contributed by atoms with Gasteiger partial charge in [-0.3, -0.25) is 4.79 Å². The van der Waals surface area contributed by atoms with E-state index in [4.69, 9.17) is 4.98 Å². The first kappa shape index (κ1) is 17.7. The van der Waals surface area contributed by atoms with Crippen LogP contribution in [0.5, 0.6) is 0 Å². The van der Waals surface area contributed by atoms with Crippen LogP contribution in [-0.2, 0) is 4.79 Å². The van der Waals surface area contributed by atoms with Gasteiger partial charge in [-0.05, 0) is 37.3 Å². The third kappa shape index (κ3) is 3.21. The number of rotatable bonds is 4. The molecule has 1 amide bonds. The molecule has 2 fully saturated rings. The van der Waals surface area contributed by atoms with E-state index >= 15 is 0 Å². The van der Waals surface area contributed by atoms with Crippen molar-refractivity contribution < 1.29 is 9.90 Å². The van der Waals surface area contributed by atoms with Crippen molar-refractivity contribution in [2.45, 2.75) is 39.0 Å². The average molecular weight is 342 g/mol. The molecule has 0 aliphatic carbocycles. The Kier molecular flexibility index (Phi) is 4.96. The molecule has 3 rings (SSSR count). The van der Waals surface area contributed by atoms with Gasteiger partial charge in [-0.1, -0.05) is 13.8 Å². The number of aromatic nitrogens is 1. The summed E-state index contributed by atoms with van der Waals surface area (Å²) < 4.78 is 0. The molecule has 2 aliphatic heterocycles. The molecule has 0 bridgehead atoms. The van der Waals surface area contributed by atoms with E-state index in [0.29, 0.717) is 30.4 Å². The Bertz CT molecular complexity index is 695. The molecule has 1 aromatic rings. The van der Waals surface area contributed by atoms with Crippen molar-refractivity contribution in [2.75, 3.05) is 37.7 Å². The van der Waals surface area contributed by atoms with Crippen LogP contribution in [0.4, 0.5) is 5.82 Å². The number of carbonyl (C=O) groups excluding carboxylic acids is 1. The molecular weight excluding hydrogens is 316 g/mol. The zero-order chi connectivity index (χ0) is 18.0. The van der Waals surface area contributed by atoms with Gasteiger partial charge in [0, 0.05) is 31.9 Å². The maximum absolute atomic E-state index is 12.9. The summed E-state index contributed by atoms with van der Waals surface area (Å²) in [5.74, 6) is 1.14. The highest BCUT2D eigenvalue weighted by Gasteiger charge is 2.48. The summed E-state index contributed by atoms with van der Waals surface area (Å²) in [6.45, 7) is 6.65. The van der Waals surface area contributed by atoms with Gasteiger partial charge >= 0.3 is 0 Å². The van der Waals surface area contributed by atoms with E-state index < -0.39 is 5.41 Å². The minimum Gasteiger partial charge on any atom is -0.395 e. The van der Waals surface area contributed by atoms with Crippen molar-refractivity contribution in [3.8, 4) is 6.07 Å². The van der Waals surface area contributed by atoms with Crippen LogP contribution in [-0.4, -0.2) is 53.7 Å². The molecule has 1 atom stereocenters. The molecular formula is C19H26N4O2. The van der Waals surface area contributed by atoms with Gasteiger partial charge in [0.05, 0.1) is 17.6 Å². The van der Waals surface area contributed by atoms with Gasteiger partial charge in [0.15, 0.2) is 0 Å². The predicted octanol–water partition coefficient (Wildman–Crippen LogP) is 1.89. The first-order valence-corrected chi connectivity index (χ1v) is 9.07. The molecule has 1 aromatic heterocycles. The molecule has 134 valence electrons. The largest absolute Gasteiger partial charge is 0.395 e. The van der Waals surface area contributed by atoms with Crippen molar-refractivity contribution in [1.82, 2.24) is 9.88 Å². The van der Waals surface area contributed by atoms with E-state index in [-0.39, 0.29) is 12.5 Å². The average Bonchev–Trinajstić information content (AvgIpc) is 3.03. The maximum atomic E-state index is 12.9. The van der Waals surface area contributed by atoms with E-state index in [1.165, 1.54) is 0 Å². The van der Waals surface area contributed by atoms with Crippen LogP contribution in [0.15, 0.2) is 12.1 Å². The quantitative estimate of drug-likeness (QED) is 0.904. The van der Waals surface area contributed by atoms with Gasteiger partial charge in [-0.2, -0.15) is 5.26 Å². The summed E-state index contributed by atoms with van der Waals surface area (Å²) in [4.78, 5) is 21.6. The Morgan fingerprint density at radius 3 is 2.84 bits per heavy atom. The molecule has 0 aromatic carbocycles. The minimum atomic E-state index is -0.393. The summed E-state index contributed by atoms with van der Waals surface area (Å²) in [6.07, 6.45) is 2.62. The molecule has 25 heavy (non-hydrogen) atoms. The van der Waals surface area contributed by atoms with Crippen molar-refractivity contribution in [2.24, 2.45) is 5.41 Å². The fourth-order valence-electron chi connectivity index (χ4n) is 4.03. The van der Waals surface area contributed by atoms with Crippen LogP contribution >= 0.6 is 0 Å². The van der Waals surface area contributed by atoms with Crippen LogP contribution in [0.1, 0.15) is 50.3 Å². The van der Waals surface area contributed by atoms with E-state index in [9.17, 15) is 15.2 Å². The SMILES string of the molecule is CC(C)c1ccc(C#N)c(N2CC[C@]3(CCCN(CCO)C3=O)C2)n1. The molecule has 0 unspecified atom stereocenters. The molecule has 2 saturated heterocycles. The lowest BCUT2D eigenvalue weighted by Gasteiger charge is -2.39. The number of hydrogen-bond donors (Lipinski definition) is 1. The number of hydrogen-bond acceptors (Lipinski definition) is 5. The molecule has 1 N–H and O–H groups in total. The Morgan fingerprint density at radius 2 is 2.16 bits per heavy atom. The summed E-state index contributed by atoms with van der Waals surface area (Å²) in [7, 11) is 0. The van der Waals surface area contributed by atoms with Crippen LogP contribution in [0.25, 0.3) is 0 Å². The highest BCUT2D eigenvalue weighted by atomic mass is 16.3. The van der Waals surface area contributed by atoms with E-state index in [0.717, 1.165) is 38.0 Å². The van der Waals surface area contributed by atoms with E-state index in [2.05, 4.69) is 24.8 Å². The standard InChI is InChI=1S/C19H26N4O2/c1-14(2)16-5-4-15(12-20)17(21-16)23-9-7-19(13-23)6-3-8-22(10-11-24)18(19)25/h4-5,14,24H,3,6-11,13H2,1-2H3/t19-/m1/s1. The third-order valence-corrected chi connectivity index (χ3v) is 5.46. The fraction of sp³-hybridized carbons (Fsp3) is 0.632. The maximum Gasteiger partial charge on any atom is 0.230 e. The second-order valence-electron chi connectivity index (χ2n) is 7.45. The van der Waals surface area contributed by atoms with Gasteiger partial charge in [0.1, 0.15) is 11.9 Å². The number of anilines is 1. The van der Waals surface area contributed by atoms with Crippen LogP contribution in [0.2, 0.25) is 0 Å². The van der Waals surface area contributed by atoms with Gasteiger partial charge in [-0.25, -0.2) is 4.98 Å². The first-order chi connectivity index (χ1) is 12.0. The summed E-state index contributed by atoms with van der Waals surface area (Å²) in [5, 5.41) is 18.7. The molecule has 3 heterocycles. The topological polar surface area (TPSA) is 80.5 Å². The van der Waals surface area contributed by atoms with E-state index in [1.807, 2.05) is 12.1 Å². The number of aliphatic hydroxyl groups excluding tert-OH is 1. The van der Waals surface area contributed by atoms with Gasteiger partial charge in [-0.15, -0.1) is 0 Å². The molecule has 2 aliphatic rings. The predicted molar refractivity (Wildman–Crippen MR) is 95.2 cm³/mol. The van der Waals surface area contributed by atoms with Gasteiger partial charge < -0.3 is 14.9 Å². The Hall–Kier alpha value is -2.13. The highest BCUT2D eigenvalue weighted by Crippen LogP contribution is 2.41. The van der Waals surface area contributed by atoms with Crippen molar-refractivity contribution in [3.05, 3.63) is 23.4 Å². The number of carbonyl (C=O) groups is 1. The third-order valence-electron chi connectivity index (χ3n) is 5.46. The number of pyridine rings is 1. The molecule has 6 nitrogen and oxygen atoms in total. The Labute approximate surface area is 149 Å². The lowest BCUT2D eigenvalue weighted by atomic mass is 9.78. The molecule has 0 saturated carbocycles.